The zero-order chi connectivity index (χ0) is 79.0. The van der Waals surface area contributed by atoms with Crippen molar-refractivity contribution in [2.75, 3.05) is 39.6 Å². The third-order valence-electron chi connectivity index (χ3n) is 21.4. The van der Waals surface area contributed by atoms with E-state index in [1.54, 1.807) is 0 Å². The zero-order valence-corrected chi connectivity index (χ0v) is 72.8. The van der Waals surface area contributed by atoms with E-state index in [2.05, 4.69) is 34.6 Å². The molecule has 0 aromatic carbocycles. The van der Waals surface area contributed by atoms with Crippen molar-refractivity contribution in [2.24, 2.45) is 5.92 Å². The molecule has 19 heteroatoms. The molecule has 0 radical (unpaired) electrons. The van der Waals surface area contributed by atoms with E-state index in [4.69, 9.17) is 37.0 Å². The standard InChI is InChI=1S/C89H174O17P2/c1-6-10-13-16-19-22-25-27-29-31-32-33-34-35-37-39-45-50-55-60-65-70-75-89(94)106-85(79-100-87(92)73-68-63-58-53-48-43-41-40-42-47-51-56-61-66-71-82(5)9-4)81-104-108(97,98)102-77-83(90)76-101-107(95,96)103-80-84(78-99-86(91)72-67-62-57-52-46-24-21-18-15-12-8-3)105-88(93)74-69-64-59-54-49-44-38-36-30-28-26-23-20-17-14-11-7-2/h82-85,90H,6-81H2,1-5H3,(H,95,96)(H,97,98)/t82?,83-,84+,85+/m0/s1. The highest BCUT2D eigenvalue weighted by molar-refractivity contribution is 7.47. The van der Waals surface area contributed by atoms with E-state index < -0.39 is 97.5 Å². The molecule has 0 aromatic heterocycles. The first-order chi connectivity index (χ1) is 52.6. The van der Waals surface area contributed by atoms with E-state index in [1.807, 2.05) is 0 Å². The maximum absolute atomic E-state index is 13.2. The van der Waals surface area contributed by atoms with Crippen LogP contribution in [-0.4, -0.2) is 96.7 Å². The molecule has 108 heavy (non-hydrogen) atoms. The number of phosphoric acid groups is 2. The molecule has 0 bridgehead atoms. The van der Waals surface area contributed by atoms with Gasteiger partial charge in [0.05, 0.1) is 26.4 Å². The molecule has 0 aliphatic carbocycles. The van der Waals surface area contributed by atoms with Crippen LogP contribution < -0.4 is 0 Å². The molecule has 0 saturated heterocycles. The highest BCUT2D eigenvalue weighted by Gasteiger charge is 2.31. The number of aliphatic hydroxyl groups excluding tert-OH is 1. The largest absolute Gasteiger partial charge is 0.472 e. The quantitative estimate of drug-likeness (QED) is 0.0222. The first-order valence-electron chi connectivity index (χ1n) is 46.2. The van der Waals surface area contributed by atoms with Gasteiger partial charge in [0.25, 0.3) is 0 Å². The van der Waals surface area contributed by atoms with Gasteiger partial charge in [-0.1, -0.05) is 433 Å². The Labute approximate surface area is 664 Å². The fourth-order valence-corrected chi connectivity index (χ4v) is 15.5. The molecular weight excluding hydrogens is 1400 g/mol. The molecule has 0 heterocycles. The molecule has 3 N–H and O–H groups in total. The summed E-state index contributed by atoms with van der Waals surface area (Å²) in [5.41, 5.74) is 0. The van der Waals surface area contributed by atoms with Crippen molar-refractivity contribution in [1.29, 1.82) is 0 Å². The number of hydrogen-bond acceptors (Lipinski definition) is 15. The van der Waals surface area contributed by atoms with Gasteiger partial charge in [0.1, 0.15) is 19.3 Å². The summed E-state index contributed by atoms with van der Waals surface area (Å²) >= 11 is 0. The Bertz CT molecular complexity index is 2050. The van der Waals surface area contributed by atoms with Crippen LogP contribution in [0.1, 0.15) is 484 Å². The van der Waals surface area contributed by atoms with Gasteiger partial charge in [0.2, 0.25) is 0 Å². The number of rotatable bonds is 89. The predicted molar refractivity (Wildman–Crippen MR) is 446 cm³/mol. The van der Waals surface area contributed by atoms with Gasteiger partial charge in [0.15, 0.2) is 12.2 Å². The highest BCUT2D eigenvalue weighted by atomic mass is 31.2. The van der Waals surface area contributed by atoms with Gasteiger partial charge in [-0.2, -0.15) is 0 Å². The SMILES string of the molecule is CCCCCCCCCCCCCCCCCCCCCCCCC(=O)O[C@H](COC(=O)CCCCCCCCCCCCCCCCC(C)CC)COP(=O)(O)OC[C@@H](O)COP(=O)(O)OC[C@@H](COC(=O)CCCCCCCCCCCCC)OC(=O)CCCCCCCCCCCCCCCCCCC. The van der Waals surface area contributed by atoms with Gasteiger partial charge >= 0.3 is 39.5 Å². The van der Waals surface area contributed by atoms with Gasteiger partial charge in [-0.15, -0.1) is 0 Å². The van der Waals surface area contributed by atoms with E-state index in [9.17, 15) is 43.2 Å². The Kier molecular flexibility index (Phi) is 80.2. The van der Waals surface area contributed by atoms with E-state index in [0.717, 1.165) is 95.8 Å². The van der Waals surface area contributed by atoms with Crippen molar-refractivity contribution in [3.8, 4) is 0 Å². The van der Waals surface area contributed by atoms with E-state index in [1.165, 1.54) is 308 Å². The number of ether oxygens (including phenoxy) is 4. The third-order valence-corrected chi connectivity index (χ3v) is 23.3. The molecule has 0 rings (SSSR count). The third kappa shape index (κ3) is 80.7. The van der Waals surface area contributed by atoms with Crippen LogP contribution in [0.15, 0.2) is 0 Å². The number of esters is 4. The average molecular weight is 1580 g/mol. The lowest BCUT2D eigenvalue weighted by atomic mass is 9.99. The maximum atomic E-state index is 13.2. The van der Waals surface area contributed by atoms with Crippen LogP contribution in [0, 0.1) is 5.92 Å². The van der Waals surface area contributed by atoms with E-state index >= 15 is 0 Å². The van der Waals surface area contributed by atoms with Crippen molar-refractivity contribution >= 4 is 39.5 Å². The van der Waals surface area contributed by atoms with Crippen molar-refractivity contribution in [1.82, 2.24) is 0 Å². The molecule has 3 unspecified atom stereocenters. The minimum Gasteiger partial charge on any atom is -0.462 e. The van der Waals surface area contributed by atoms with Gasteiger partial charge in [-0.25, -0.2) is 9.13 Å². The van der Waals surface area contributed by atoms with Crippen LogP contribution in [0.2, 0.25) is 0 Å². The second-order valence-electron chi connectivity index (χ2n) is 32.2. The van der Waals surface area contributed by atoms with Crippen molar-refractivity contribution in [3.63, 3.8) is 0 Å². The van der Waals surface area contributed by atoms with Crippen molar-refractivity contribution in [2.45, 2.75) is 502 Å². The molecule has 6 atom stereocenters. The van der Waals surface area contributed by atoms with E-state index in [0.29, 0.717) is 25.7 Å². The normalized spacial score (nSPS) is 14.0. The summed E-state index contributed by atoms with van der Waals surface area (Å²) in [6, 6.07) is 0. The Morgan fingerprint density at radius 3 is 0.657 bits per heavy atom. The molecule has 17 nitrogen and oxygen atoms in total. The summed E-state index contributed by atoms with van der Waals surface area (Å²) in [4.78, 5) is 73.3. The Morgan fingerprint density at radius 2 is 0.444 bits per heavy atom. The lowest BCUT2D eigenvalue weighted by Gasteiger charge is -2.21. The van der Waals surface area contributed by atoms with Gasteiger partial charge < -0.3 is 33.8 Å². The van der Waals surface area contributed by atoms with Crippen LogP contribution in [0.4, 0.5) is 0 Å². The van der Waals surface area contributed by atoms with Crippen LogP contribution in [-0.2, 0) is 65.4 Å². The summed E-state index contributed by atoms with van der Waals surface area (Å²) in [6.45, 7) is 7.44. The lowest BCUT2D eigenvalue weighted by molar-refractivity contribution is -0.161. The number of carbonyl (C=O) groups excluding carboxylic acids is 4. The molecule has 0 aliphatic rings. The van der Waals surface area contributed by atoms with Crippen molar-refractivity contribution < 1.29 is 80.2 Å². The number of aliphatic hydroxyl groups is 1. The fourth-order valence-electron chi connectivity index (χ4n) is 14.0. The number of carbonyl (C=O) groups is 4. The summed E-state index contributed by atoms with van der Waals surface area (Å²) in [7, 11) is -9.93. The molecule has 0 aromatic rings. The Balaban J connectivity index is 5.23. The van der Waals surface area contributed by atoms with Gasteiger partial charge in [0, 0.05) is 25.7 Å². The van der Waals surface area contributed by atoms with Crippen LogP contribution in [0.3, 0.4) is 0 Å². The molecule has 0 fully saturated rings. The minimum atomic E-state index is -4.97. The summed E-state index contributed by atoms with van der Waals surface area (Å²) in [6.07, 6.45) is 76.3. The summed E-state index contributed by atoms with van der Waals surface area (Å²) < 4.78 is 69.0. The van der Waals surface area contributed by atoms with Crippen LogP contribution >= 0.6 is 15.6 Å². The number of unbranched alkanes of at least 4 members (excludes halogenated alkanes) is 60. The molecule has 642 valence electrons. The number of hydrogen-bond donors (Lipinski definition) is 3. The highest BCUT2D eigenvalue weighted by Crippen LogP contribution is 2.45. The van der Waals surface area contributed by atoms with Gasteiger partial charge in [-0.3, -0.25) is 37.3 Å². The second kappa shape index (κ2) is 81.6. The molecule has 0 saturated carbocycles. The molecule has 0 amide bonds. The smallest absolute Gasteiger partial charge is 0.462 e. The molecule has 0 spiro atoms. The monoisotopic (exact) mass is 1580 g/mol. The van der Waals surface area contributed by atoms with Crippen molar-refractivity contribution in [3.05, 3.63) is 0 Å². The second-order valence-corrected chi connectivity index (χ2v) is 35.1. The first-order valence-corrected chi connectivity index (χ1v) is 49.2. The summed E-state index contributed by atoms with van der Waals surface area (Å²) in [5.74, 6) is -1.25. The minimum absolute atomic E-state index is 0.109. The maximum Gasteiger partial charge on any atom is 0.472 e. The number of phosphoric ester groups is 2. The van der Waals surface area contributed by atoms with E-state index in [-0.39, 0.29) is 25.7 Å². The zero-order valence-electron chi connectivity index (χ0n) is 71.0. The summed E-state index contributed by atoms with van der Waals surface area (Å²) in [5, 5.41) is 10.7. The molecular formula is C89H174O17P2. The predicted octanol–water partition coefficient (Wildman–Crippen LogP) is 27.5. The Morgan fingerprint density at radius 1 is 0.259 bits per heavy atom. The lowest BCUT2D eigenvalue weighted by Crippen LogP contribution is -2.30. The fraction of sp³-hybridized carbons (Fsp3) is 0.955. The van der Waals surface area contributed by atoms with Crippen LogP contribution in [0.25, 0.3) is 0 Å². The Hall–Kier alpha value is -1.94. The first kappa shape index (κ1) is 106. The van der Waals surface area contributed by atoms with Crippen LogP contribution in [0.5, 0.6) is 0 Å². The molecule has 0 aliphatic heterocycles. The van der Waals surface area contributed by atoms with Gasteiger partial charge in [-0.05, 0) is 31.6 Å². The topological polar surface area (TPSA) is 237 Å². The average Bonchev–Trinajstić information content (AvgIpc) is 0.900.